The summed E-state index contributed by atoms with van der Waals surface area (Å²) >= 11 is 1.50. The lowest BCUT2D eigenvalue weighted by molar-refractivity contribution is -0.113. The van der Waals surface area contributed by atoms with E-state index in [1.807, 2.05) is 42.5 Å². The van der Waals surface area contributed by atoms with Gasteiger partial charge in [0.1, 0.15) is 12.2 Å². The quantitative estimate of drug-likeness (QED) is 0.390. The normalized spacial score (nSPS) is 19.3. The molecule has 39 heavy (non-hydrogen) atoms. The molecule has 3 aliphatic heterocycles. The molecule has 4 heterocycles. The number of likely N-dealkylation sites (N-methyl/N-ethyl adjacent to an activating group) is 1. The van der Waals surface area contributed by atoms with Gasteiger partial charge in [-0.2, -0.15) is 0 Å². The highest BCUT2D eigenvalue weighted by Gasteiger charge is 2.32. The third kappa shape index (κ3) is 6.03. The molecular formula is C29H31N5O4S. The summed E-state index contributed by atoms with van der Waals surface area (Å²) in [5.74, 6) is 1.04. The average Bonchev–Trinajstić information content (AvgIpc) is 3.30. The molecule has 6 rings (SSSR count). The van der Waals surface area contributed by atoms with Gasteiger partial charge in [-0.25, -0.2) is 9.78 Å². The second kappa shape index (κ2) is 11.3. The maximum absolute atomic E-state index is 12.5. The van der Waals surface area contributed by atoms with Crippen molar-refractivity contribution in [2.45, 2.75) is 30.1 Å². The van der Waals surface area contributed by atoms with Crippen LogP contribution in [-0.2, 0) is 16.1 Å². The molecule has 2 saturated heterocycles. The molecule has 0 saturated carbocycles. The van der Waals surface area contributed by atoms with Gasteiger partial charge in [0.2, 0.25) is 11.8 Å². The molecular weight excluding hydrogens is 514 g/mol. The fraction of sp³-hybridized carbons (Fsp3) is 0.345. The van der Waals surface area contributed by atoms with E-state index in [0.717, 1.165) is 46.2 Å². The predicted molar refractivity (Wildman–Crippen MR) is 151 cm³/mol. The van der Waals surface area contributed by atoms with Crippen molar-refractivity contribution in [3.8, 4) is 17.1 Å². The lowest BCUT2D eigenvalue weighted by Crippen LogP contribution is -2.51. The van der Waals surface area contributed by atoms with E-state index < -0.39 is 0 Å². The van der Waals surface area contributed by atoms with Gasteiger partial charge in [0.25, 0.3) is 0 Å². The minimum absolute atomic E-state index is 0.0286. The Morgan fingerprint density at radius 2 is 1.97 bits per heavy atom. The average molecular weight is 546 g/mol. The first-order valence-electron chi connectivity index (χ1n) is 13.2. The minimum atomic E-state index is -0.356. The number of fused-ring (bicyclic) bond motifs is 1. The third-order valence-electron chi connectivity index (χ3n) is 7.02. The molecule has 9 nitrogen and oxygen atoms in total. The summed E-state index contributed by atoms with van der Waals surface area (Å²) in [6, 6.07) is 19.9. The molecule has 0 unspecified atom stereocenters. The maximum Gasteiger partial charge on any atom is 0.414 e. The molecule has 0 aliphatic carbocycles. The smallest absolute Gasteiger partial charge is 0.414 e. The van der Waals surface area contributed by atoms with E-state index in [-0.39, 0.29) is 24.2 Å². The summed E-state index contributed by atoms with van der Waals surface area (Å²) in [7, 11) is 2.08. The van der Waals surface area contributed by atoms with Crippen molar-refractivity contribution < 1.29 is 19.1 Å². The molecule has 0 bridgehead atoms. The molecule has 2 aromatic carbocycles. The standard InChI is InChI=1S/C29H31N5O4S/c1-33-15-23(16-33)37-28-7-3-6-24(32-28)20-5-2-4-19(12-20)14-30-11-10-22-17-34(29(36)38-22)21-8-9-26-25(13-21)31-27(35)18-39-26/h2-9,12-13,22-23,30H,10-11,14-18H2,1H3,(H,31,35)/t22-/m1/s1. The first kappa shape index (κ1) is 25.7. The van der Waals surface area contributed by atoms with E-state index in [1.165, 1.54) is 11.8 Å². The molecule has 202 valence electrons. The number of carbonyl (C=O) groups excluding carboxylic acids is 2. The van der Waals surface area contributed by atoms with Crippen LogP contribution in [-0.4, -0.2) is 73.1 Å². The van der Waals surface area contributed by atoms with Gasteiger partial charge >= 0.3 is 6.09 Å². The minimum Gasteiger partial charge on any atom is -0.472 e. The van der Waals surface area contributed by atoms with Crippen LogP contribution >= 0.6 is 11.8 Å². The van der Waals surface area contributed by atoms with Gasteiger partial charge in [0.05, 0.1) is 23.7 Å². The van der Waals surface area contributed by atoms with Gasteiger partial charge < -0.3 is 20.1 Å². The number of pyridine rings is 1. The summed E-state index contributed by atoms with van der Waals surface area (Å²) in [6.45, 7) is 3.75. The number of hydrogen-bond acceptors (Lipinski definition) is 8. The first-order chi connectivity index (χ1) is 19.0. The van der Waals surface area contributed by atoms with Gasteiger partial charge in [0, 0.05) is 41.8 Å². The molecule has 2 N–H and O–H groups in total. The molecule has 0 radical (unpaired) electrons. The fourth-order valence-electron chi connectivity index (χ4n) is 4.99. The van der Waals surface area contributed by atoms with Crippen LogP contribution in [0.1, 0.15) is 12.0 Å². The molecule has 1 aromatic heterocycles. The van der Waals surface area contributed by atoms with E-state index in [9.17, 15) is 9.59 Å². The number of cyclic esters (lactones) is 1. The van der Waals surface area contributed by atoms with Crippen LogP contribution < -0.4 is 20.3 Å². The fourth-order valence-corrected chi connectivity index (χ4v) is 5.77. The SMILES string of the molecule is CN1CC(Oc2cccc(-c3cccc(CNCC[C@@H]4CN(c5ccc6c(c5)NC(=O)CS6)C(=O)O4)c3)n2)C1. The Labute approximate surface area is 231 Å². The number of nitrogens with one attached hydrogen (secondary N) is 2. The van der Waals surface area contributed by atoms with Crippen LogP contribution in [0.3, 0.4) is 0 Å². The van der Waals surface area contributed by atoms with Gasteiger partial charge in [-0.05, 0) is 55.9 Å². The number of thioether (sulfide) groups is 1. The monoisotopic (exact) mass is 545 g/mol. The molecule has 3 aromatic rings. The Balaban J connectivity index is 0.996. The van der Waals surface area contributed by atoms with E-state index in [2.05, 4.69) is 40.8 Å². The Morgan fingerprint density at radius 3 is 2.85 bits per heavy atom. The zero-order chi connectivity index (χ0) is 26.8. The van der Waals surface area contributed by atoms with Gasteiger partial charge in [-0.1, -0.05) is 24.3 Å². The van der Waals surface area contributed by atoms with Gasteiger partial charge in [0.15, 0.2) is 0 Å². The molecule has 1 atom stereocenters. The second-order valence-electron chi connectivity index (χ2n) is 10.1. The van der Waals surface area contributed by atoms with E-state index in [0.29, 0.717) is 37.7 Å². The number of likely N-dealkylation sites (tertiary alicyclic amines) is 1. The van der Waals surface area contributed by atoms with Crippen molar-refractivity contribution in [3.05, 3.63) is 66.2 Å². The molecule has 2 amide bonds. The lowest BCUT2D eigenvalue weighted by atomic mass is 10.1. The number of carbonyl (C=O) groups is 2. The van der Waals surface area contributed by atoms with Crippen molar-refractivity contribution in [3.63, 3.8) is 0 Å². The molecule has 0 spiro atoms. The van der Waals surface area contributed by atoms with E-state index >= 15 is 0 Å². The zero-order valence-corrected chi connectivity index (χ0v) is 22.6. The Hall–Kier alpha value is -3.60. The van der Waals surface area contributed by atoms with Crippen LogP contribution in [0.15, 0.2) is 65.6 Å². The predicted octanol–water partition coefficient (Wildman–Crippen LogP) is 3.99. The Morgan fingerprint density at radius 1 is 1.10 bits per heavy atom. The highest BCUT2D eigenvalue weighted by atomic mass is 32.2. The molecule has 3 aliphatic rings. The summed E-state index contributed by atoms with van der Waals surface area (Å²) in [5, 5.41) is 6.35. The van der Waals surface area contributed by atoms with Crippen molar-refractivity contribution >= 4 is 35.1 Å². The van der Waals surface area contributed by atoms with E-state index in [1.54, 1.807) is 4.90 Å². The first-order valence-corrected chi connectivity index (χ1v) is 14.2. The number of anilines is 2. The summed E-state index contributed by atoms with van der Waals surface area (Å²) in [5.41, 5.74) is 4.57. The van der Waals surface area contributed by atoms with Crippen LogP contribution in [0.4, 0.5) is 16.2 Å². The molecule has 2 fully saturated rings. The summed E-state index contributed by atoms with van der Waals surface area (Å²) < 4.78 is 11.6. The van der Waals surface area contributed by atoms with Crippen molar-refractivity contribution in [2.24, 2.45) is 0 Å². The number of nitrogens with zero attached hydrogens (tertiary/aromatic N) is 3. The number of amides is 2. The maximum atomic E-state index is 12.5. The zero-order valence-electron chi connectivity index (χ0n) is 21.8. The van der Waals surface area contributed by atoms with Gasteiger partial charge in [-0.3, -0.25) is 14.6 Å². The van der Waals surface area contributed by atoms with Crippen molar-refractivity contribution in [1.82, 2.24) is 15.2 Å². The van der Waals surface area contributed by atoms with Crippen molar-refractivity contribution in [1.29, 1.82) is 0 Å². The summed E-state index contributed by atoms with van der Waals surface area (Å²) in [4.78, 5) is 33.8. The van der Waals surface area contributed by atoms with E-state index in [4.69, 9.17) is 14.5 Å². The number of benzene rings is 2. The van der Waals surface area contributed by atoms with Crippen LogP contribution in [0, 0.1) is 0 Å². The highest BCUT2D eigenvalue weighted by Crippen LogP contribution is 2.35. The topological polar surface area (TPSA) is 96.0 Å². The third-order valence-corrected chi connectivity index (χ3v) is 8.09. The number of ether oxygens (including phenoxy) is 2. The number of rotatable bonds is 9. The van der Waals surface area contributed by atoms with Crippen LogP contribution in [0.2, 0.25) is 0 Å². The largest absolute Gasteiger partial charge is 0.472 e. The number of aromatic nitrogens is 1. The van der Waals surface area contributed by atoms with Crippen LogP contribution in [0.25, 0.3) is 11.3 Å². The van der Waals surface area contributed by atoms with Crippen molar-refractivity contribution in [2.75, 3.05) is 49.2 Å². The molecule has 10 heteroatoms. The lowest BCUT2D eigenvalue weighted by Gasteiger charge is -2.35. The number of hydrogen-bond donors (Lipinski definition) is 2. The van der Waals surface area contributed by atoms with Crippen LogP contribution in [0.5, 0.6) is 5.88 Å². The summed E-state index contributed by atoms with van der Waals surface area (Å²) in [6.07, 6.45) is 0.361. The van der Waals surface area contributed by atoms with Gasteiger partial charge in [-0.15, -0.1) is 11.8 Å². The highest BCUT2D eigenvalue weighted by molar-refractivity contribution is 8.00. The Kier molecular flexibility index (Phi) is 7.40. The second-order valence-corrected chi connectivity index (χ2v) is 11.1. The Bertz CT molecular complexity index is 1380.